The minimum absolute atomic E-state index is 0.594. The molecule has 0 amide bonds. The van der Waals surface area contributed by atoms with Crippen LogP contribution >= 0.6 is 0 Å². The topological polar surface area (TPSA) is 21.3 Å². The lowest BCUT2D eigenvalue weighted by molar-refractivity contribution is 0.348. The number of para-hydroxylation sites is 1. The quantitative estimate of drug-likeness (QED) is 0.720. The Hall–Kier alpha value is -1.28. The second-order valence-corrected chi connectivity index (χ2v) is 3.71. The monoisotopic (exact) mass is 205 g/mol. The van der Waals surface area contributed by atoms with Gasteiger partial charge >= 0.3 is 0 Å². The number of ether oxygens (including phenoxy) is 1. The third kappa shape index (κ3) is 4.17. The SMILES string of the molecule is C=C(C)COc1ccccc1CCNC. The molecule has 0 saturated carbocycles. The molecule has 15 heavy (non-hydrogen) atoms. The largest absolute Gasteiger partial charge is 0.489 e. The van der Waals surface area contributed by atoms with E-state index in [4.69, 9.17) is 4.74 Å². The molecular weight excluding hydrogens is 186 g/mol. The van der Waals surface area contributed by atoms with E-state index in [0.29, 0.717) is 6.61 Å². The number of nitrogens with one attached hydrogen (secondary N) is 1. The summed E-state index contributed by atoms with van der Waals surface area (Å²) < 4.78 is 5.67. The molecule has 1 N–H and O–H groups in total. The highest BCUT2D eigenvalue weighted by Gasteiger charge is 2.01. The lowest BCUT2D eigenvalue weighted by Crippen LogP contribution is -2.11. The summed E-state index contributed by atoms with van der Waals surface area (Å²) >= 11 is 0. The number of hydrogen-bond acceptors (Lipinski definition) is 2. The highest BCUT2D eigenvalue weighted by Crippen LogP contribution is 2.18. The second-order valence-electron chi connectivity index (χ2n) is 3.71. The van der Waals surface area contributed by atoms with E-state index in [2.05, 4.69) is 18.0 Å². The Morgan fingerprint density at radius 3 is 2.80 bits per heavy atom. The summed E-state index contributed by atoms with van der Waals surface area (Å²) in [5.74, 6) is 0.968. The molecule has 0 aliphatic carbocycles. The van der Waals surface area contributed by atoms with Crippen LogP contribution in [-0.4, -0.2) is 20.2 Å². The van der Waals surface area contributed by atoms with E-state index >= 15 is 0 Å². The van der Waals surface area contributed by atoms with Crippen molar-refractivity contribution in [1.82, 2.24) is 5.32 Å². The Bertz CT molecular complexity index is 320. The van der Waals surface area contributed by atoms with Gasteiger partial charge in [-0.3, -0.25) is 0 Å². The minimum Gasteiger partial charge on any atom is -0.489 e. The molecule has 0 spiro atoms. The average Bonchev–Trinajstić information content (AvgIpc) is 2.24. The van der Waals surface area contributed by atoms with Crippen LogP contribution in [0.4, 0.5) is 0 Å². The third-order valence-corrected chi connectivity index (χ3v) is 2.09. The Balaban J connectivity index is 2.63. The van der Waals surface area contributed by atoms with Crippen molar-refractivity contribution in [1.29, 1.82) is 0 Å². The molecule has 82 valence electrons. The Morgan fingerprint density at radius 2 is 2.13 bits per heavy atom. The van der Waals surface area contributed by atoms with Crippen LogP contribution in [0.1, 0.15) is 12.5 Å². The van der Waals surface area contributed by atoms with Crippen LogP contribution in [0, 0.1) is 0 Å². The maximum Gasteiger partial charge on any atom is 0.123 e. The van der Waals surface area contributed by atoms with Crippen molar-refractivity contribution in [2.75, 3.05) is 20.2 Å². The van der Waals surface area contributed by atoms with E-state index in [0.717, 1.165) is 24.3 Å². The summed E-state index contributed by atoms with van der Waals surface area (Å²) in [6, 6.07) is 8.15. The summed E-state index contributed by atoms with van der Waals surface area (Å²) in [4.78, 5) is 0. The predicted molar refractivity (Wildman–Crippen MR) is 64.4 cm³/mol. The van der Waals surface area contributed by atoms with Crippen molar-refractivity contribution in [2.24, 2.45) is 0 Å². The number of likely N-dealkylation sites (N-methyl/N-ethyl adjacent to an activating group) is 1. The molecule has 2 nitrogen and oxygen atoms in total. The molecular formula is C13H19NO. The highest BCUT2D eigenvalue weighted by atomic mass is 16.5. The first-order chi connectivity index (χ1) is 7.24. The molecule has 0 heterocycles. The van der Waals surface area contributed by atoms with Gasteiger partial charge in [-0.1, -0.05) is 24.8 Å². The zero-order valence-corrected chi connectivity index (χ0v) is 9.55. The molecule has 0 unspecified atom stereocenters. The zero-order valence-electron chi connectivity index (χ0n) is 9.55. The van der Waals surface area contributed by atoms with Gasteiger partial charge in [0.25, 0.3) is 0 Å². The average molecular weight is 205 g/mol. The molecule has 0 radical (unpaired) electrons. The number of rotatable bonds is 6. The molecule has 0 aliphatic heterocycles. The summed E-state index contributed by atoms with van der Waals surface area (Å²) in [5, 5.41) is 3.14. The van der Waals surface area contributed by atoms with Gasteiger partial charge in [0.1, 0.15) is 12.4 Å². The van der Waals surface area contributed by atoms with E-state index in [1.165, 1.54) is 5.56 Å². The van der Waals surface area contributed by atoms with E-state index in [1.807, 2.05) is 32.2 Å². The van der Waals surface area contributed by atoms with Crippen molar-refractivity contribution in [2.45, 2.75) is 13.3 Å². The van der Waals surface area contributed by atoms with Crippen molar-refractivity contribution < 1.29 is 4.74 Å². The lowest BCUT2D eigenvalue weighted by Gasteiger charge is -2.10. The van der Waals surface area contributed by atoms with Gasteiger partial charge in [-0.2, -0.15) is 0 Å². The molecule has 0 atom stereocenters. The van der Waals surface area contributed by atoms with Crippen LogP contribution in [-0.2, 0) is 6.42 Å². The fraction of sp³-hybridized carbons (Fsp3) is 0.385. The maximum absolute atomic E-state index is 5.67. The molecule has 0 saturated heterocycles. The Kier molecular flexibility index (Phi) is 4.91. The van der Waals surface area contributed by atoms with E-state index in [-0.39, 0.29) is 0 Å². The van der Waals surface area contributed by atoms with E-state index in [9.17, 15) is 0 Å². The number of benzene rings is 1. The first-order valence-corrected chi connectivity index (χ1v) is 5.23. The van der Waals surface area contributed by atoms with Crippen LogP contribution in [0.25, 0.3) is 0 Å². The highest BCUT2D eigenvalue weighted by molar-refractivity contribution is 5.33. The lowest BCUT2D eigenvalue weighted by atomic mass is 10.1. The third-order valence-electron chi connectivity index (χ3n) is 2.09. The van der Waals surface area contributed by atoms with Crippen molar-refractivity contribution in [3.63, 3.8) is 0 Å². The predicted octanol–water partition coefficient (Wildman–Crippen LogP) is 2.40. The Morgan fingerprint density at radius 1 is 1.40 bits per heavy atom. The first-order valence-electron chi connectivity index (χ1n) is 5.23. The molecule has 1 rings (SSSR count). The molecule has 0 aromatic heterocycles. The van der Waals surface area contributed by atoms with Crippen molar-refractivity contribution >= 4 is 0 Å². The summed E-state index contributed by atoms with van der Waals surface area (Å²) in [5.41, 5.74) is 2.28. The van der Waals surface area contributed by atoms with Gasteiger partial charge in [-0.15, -0.1) is 0 Å². The molecule has 2 heteroatoms. The van der Waals surface area contributed by atoms with Crippen molar-refractivity contribution in [3.05, 3.63) is 42.0 Å². The van der Waals surface area contributed by atoms with Crippen LogP contribution < -0.4 is 10.1 Å². The van der Waals surface area contributed by atoms with Gasteiger partial charge < -0.3 is 10.1 Å². The van der Waals surface area contributed by atoms with Crippen LogP contribution in [0.5, 0.6) is 5.75 Å². The van der Waals surface area contributed by atoms with E-state index < -0.39 is 0 Å². The van der Waals surface area contributed by atoms with Crippen molar-refractivity contribution in [3.8, 4) is 5.75 Å². The second kappa shape index (κ2) is 6.25. The molecule has 1 aromatic carbocycles. The van der Waals surface area contributed by atoms with Gasteiger partial charge in [-0.05, 0) is 44.1 Å². The van der Waals surface area contributed by atoms with Crippen LogP contribution in [0.2, 0.25) is 0 Å². The van der Waals surface area contributed by atoms with Gasteiger partial charge in [0.2, 0.25) is 0 Å². The smallest absolute Gasteiger partial charge is 0.123 e. The first kappa shape index (κ1) is 11.8. The van der Waals surface area contributed by atoms with Crippen LogP contribution in [0.3, 0.4) is 0 Å². The standard InChI is InChI=1S/C13H19NO/c1-11(2)10-15-13-7-5-4-6-12(13)8-9-14-3/h4-7,14H,1,8-10H2,2-3H3. The van der Waals surface area contributed by atoms with Gasteiger partial charge in [-0.25, -0.2) is 0 Å². The molecule has 0 aliphatic rings. The van der Waals surface area contributed by atoms with Gasteiger partial charge in [0, 0.05) is 0 Å². The normalized spacial score (nSPS) is 10.0. The summed E-state index contributed by atoms with van der Waals surface area (Å²) in [6.45, 7) is 7.35. The van der Waals surface area contributed by atoms with Crippen LogP contribution in [0.15, 0.2) is 36.4 Å². The minimum atomic E-state index is 0.594. The van der Waals surface area contributed by atoms with E-state index in [1.54, 1.807) is 0 Å². The molecule has 0 fully saturated rings. The summed E-state index contributed by atoms with van der Waals surface area (Å²) in [7, 11) is 1.96. The summed E-state index contributed by atoms with van der Waals surface area (Å²) in [6.07, 6.45) is 0.989. The number of hydrogen-bond donors (Lipinski definition) is 1. The molecule has 0 bridgehead atoms. The zero-order chi connectivity index (χ0) is 11.1. The molecule has 1 aromatic rings. The Labute approximate surface area is 92.0 Å². The van der Waals surface area contributed by atoms with Gasteiger partial charge in [0.05, 0.1) is 0 Å². The fourth-order valence-corrected chi connectivity index (χ4v) is 1.31. The maximum atomic E-state index is 5.67. The van der Waals surface area contributed by atoms with Gasteiger partial charge in [0.15, 0.2) is 0 Å². The fourth-order valence-electron chi connectivity index (χ4n) is 1.31.